The molecular formula is C23H26N2O3S. The normalized spacial score (nSPS) is 14.4. The van der Waals surface area contributed by atoms with E-state index >= 15 is 0 Å². The van der Waals surface area contributed by atoms with Crippen molar-refractivity contribution in [1.82, 2.24) is 9.55 Å². The summed E-state index contributed by atoms with van der Waals surface area (Å²) in [5, 5.41) is 1.50. The molecule has 2 aromatic carbocycles. The summed E-state index contributed by atoms with van der Waals surface area (Å²) in [4.78, 5) is 18.1. The third-order valence-corrected chi connectivity index (χ3v) is 6.67. The van der Waals surface area contributed by atoms with Crippen LogP contribution in [0, 0.1) is 6.92 Å². The van der Waals surface area contributed by atoms with Gasteiger partial charge in [-0.2, -0.15) is 0 Å². The van der Waals surface area contributed by atoms with Gasteiger partial charge in [0, 0.05) is 11.8 Å². The Labute approximate surface area is 175 Å². The summed E-state index contributed by atoms with van der Waals surface area (Å²) in [6.45, 7) is 2.07. The molecule has 0 radical (unpaired) electrons. The van der Waals surface area contributed by atoms with Crippen LogP contribution in [0.2, 0.25) is 0 Å². The standard InChI is InChI=1S/C23H26N2O3S/c1-15-12-20(27-2)21(28-3)13-16(15)14-29-23-24-19-11-7-6-10-18(19)22(26)25(23)17-8-4-5-9-17/h6-7,10-13,17H,4-5,8-9,14H2,1-3H3. The van der Waals surface area contributed by atoms with Crippen LogP contribution in [0.5, 0.6) is 11.5 Å². The molecular weight excluding hydrogens is 384 g/mol. The summed E-state index contributed by atoms with van der Waals surface area (Å²) < 4.78 is 12.8. The molecule has 29 heavy (non-hydrogen) atoms. The predicted molar refractivity (Wildman–Crippen MR) is 117 cm³/mol. The predicted octanol–water partition coefficient (Wildman–Crippen LogP) is 5.13. The van der Waals surface area contributed by atoms with Gasteiger partial charge in [-0.15, -0.1) is 0 Å². The van der Waals surface area contributed by atoms with Crippen LogP contribution in [0.15, 0.2) is 46.3 Å². The Morgan fingerprint density at radius 2 is 1.79 bits per heavy atom. The van der Waals surface area contributed by atoms with Crippen molar-refractivity contribution in [1.29, 1.82) is 0 Å². The number of aryl methyl sites for hydroxylation is 1. The molecule has 0 N–H and O–H groups in total. The molecule has 6 heteroatoms. The molecule has 0 aliphatic heterocycles. The average Bonchev–Trinajstić information content (AvgIpc) is 3.27. The maximum Gasteiger partial charge on any atom is 0.262 e. The Hall–Kier alpha value is -2.47. The first kappa shape index (κ1) is 19.8. The van der Waals surface area contributed by atoms with E-state index in [1.807, 2.05) is 41.0 Å². The lowest BCUT2D eigenvalue weighted by molar-refractivity contribution is 0.354. The molecule has 1 fully saturated rings. The first-order chi connectivity index (χ1) is 14.1. The van der Waals surface area contributed by atoms with E-state index in [1.165, 1.54) is 12.8 Å². The minimum absolute atomic E-state index is 0.0778. The van der Waals surface area contributed by atoms with Crippen molar-refractivity contribution >= 4 is 22.7 Å². The minimum Gasteiger partial charge on any atom is -0.493 e. The number of thioether (sulfide) groups is 1. The molecule has 4 rings (SSSR count). The van der Waals surface area contributed by atoms with Crippen LogP contribution in [0.25, 0.3) is 10.9 Å². The van der Waals surface area contributed by atoms with E-state index in [0.29, 0.717) is 16.9 Å². The molecule has 0 unspecified atom stereocenters. The third-order valence-electron chi connectivity index (χ3n) is 5.66. The van der Waals surface area contributed by atoms with Crippen molar-refractivity contribution in [2.45, 2.75) is 49.6 Å². The number of hydrogen-bond acceptors (Lipinski definition) is 5. The van der Waals surface area contributed by atoms with Gasteiger partial charge in [0.15, 0.2) is 16.7 Å². The maximum atomic E-state index is 13.3. The van der Waals surface area contributed by atoms with Crippen LogP contribution in [0.4, 0.5) is 0 Å². The van der Waals surface area contributed by atoms with Gasteiger partial charge in [0.25, 0.3) is 5.56 Å². The van der Waals surface area contributed by atoms with Crippen molar-refractivity contribution < 1.29 is 9.47 Å². The first-order valence-electron chi connectivity index (χ1n) is 9.98. The second kappa shape index (κ2) is 8.49. The van der Waals surface area contributed by atoms with Gasteiger partial charge in [0.2, 0.25) is 0 Å². The van der Waals surface area contributed by atoms with Crippen molar-refractivity contribution in [3.63, 3.8) is 0 Å². The second-order valence-corrected chi connectivity index (χ2v) is 8.39. The Morgan fingerprint density at radius 1 is 1.10 bits per heavy atom. The summed E-state index contributed by atoms with van der Waals surface area (Å²) >= 11 is 1.62. The molecule has 152 valence electrons. The van der Waals surface area contributed by atoms with Gasteiger partial charge in [0.1, 0.15) is 0 Å². The molecule has 0 atom stereocenters. The Bertz CT molecular complexity index is 1090. The summed E-state index contributed by atoms with van der Waals surface area (Å²) in [6, 6.07) is 11.9. The van der Waals surface area contributed by atoms with Crippen molar-refractivity contribution in [3.8, 4) is 11.5 Å². The van der Waals surface area contributed by atoms with Crippen molar-refractivity contribution in [3.05, 3.63) is 57.9 Å². The first-order valence-corrected chi connectivity index (χ1v) is 11.0. The second-order valence-electron chi connectivity index (χ2n) is 7.45. The number of aromatic nitrogens is 2. The van der Waals surface area contributed by atoms with Gasteiger partial charge in [-0.05, 0) is 55.2 Å². The fourth-order valence-electron chi connectivity index (χ4n) is 4.03. The molecule has 0 amide bonds. The van der Waals surface area contributed by atoms with E-state index in [4.69, 9.17) is 14.5 Å². The smallest absolute Gasteiger partial charge is 0.262 e. The number of para-hydroxylation sites is 1. The van der Waals surface area contributed by atoms with E-state index in [9.17, 15) is 4.79 Å². The zero-order valence-corrected chi connectivity index (χ0v) is 17.9. The topological polar surface area (TPSA) is 53.3 Å². The van der Waals surface area contributed by atoms with Gasteiger partial charge < -0.3 is 9.47 Å². The molecule has 1 aliphatic carbocycles. The highest BCUT2D eigenvalue weighted by molar-refractivity contribution is 7.98. The lowest BCUT2D eigenvalue weighted by Crippen LogP contribution is -2.26. The largest absolute Gasteiger partial charge is 0.493 e. The molecule has 5 nitrogen and oxygen atoms in total. The van der Waals surface area contributed by atoms with E-state index < -0.39 is 0 Å². The quantitative estimate of drug-likeness (QED) is 0.416. The monoisotopic (exact) mass is 410 g/mol. The highest BCUT2D eigenvalue weighted by Gasteiger charge is 2.23. The number of fused-ring (bicyclic) bond motifs is 1. The Kier molecular flexibility index (Phi) is 5.81. The van der Waals surface area contributed by atoms with Crippen LogP contribution < -0.4 is 15.0 Å². The van der Waals surface area contributed by atoms with Crippen LogP contribution >= 0.6 is 11.8 Å². The number of benzene rings is 2. The van der Waals surface area contributed by atoms with Crippen molar-refractivity contribution in [2.75, 3.05) is 14.2 Å². The fraction of sp³-hybridized carbons (Fsp3) is 0.391. The van der Waals surface area contributed by atoms with E-state index in [1.54, 1.807) is 26.0 Å². The Morgan fingerprint density at radius 3 is 2.52 bits per heavy atom. The highest BCUT2D eigenvalue weighted by atomic mass is 32.2. The number of hydrogen-bond donors (Lipinski definition) is 0. The molecule has 0 spiro atoms. The molecule has 1 aliphatic rings. The summed E-state index contributed by atoms with van der Waals surface area (Å²) in [6.07, 6.45) is 4.43. The average molecular weight is 411 g/mol. The number of methoxy groups -OCH3 is 2. The van der Waals surface area contributed by atoms with Crippen LogP contribution in [-0.4, -0.2) is 23.8 Å². The van der Waals surface area contributed by atoms with Gasteiger partial charge >= 0.3 is 0 Å². The summed E-state index contributed by atoms with van der Waals surface area (Å²) in [5.74, 6) is 2.16. The highest BCUT2D eigenvalue weighted by Crippen LogP contribution is 2.35. The van der Waals surface area contributed by atoms with E-state index in [2.05, 4.69) is 6.92 Å². The van der Waals surface area contributed by atoms with Crippen LogP contribution in [0.1, 0.15) is 42.9 Å². The maximum absolute atomic E-state index is 13.3. The van der Waals surface area contributed by atoms with Crippen LogP contribution in [-0.2, 0) is 5.75 Å². The van der Waals surface area contributed by atoms with Gasteiger partial charge in [-0.3, -0.25) is 9.36 Å². The van der Waals surface area contributed by atoms with Gasteiger partial charge in [0.05, 0.1) is 25.1 Å². The molecule has 1 aromatic heterocycles. The molecule has 1 saturated carbocycles. The van der Waals surface area contributed by atoms with E-state index in [0.717, 1.165) is 40.4 Å². The lowest BCUT2D eigenvalue weighted by Gasteiger charge is -2.19. The molecule has 0 saturated heterocycles. The van der Waals surface area contributed by atoms with Crippen LogP contribution in [0.3, 0.4) is 0 Å². The Balaban J connectivity index is 1.72. The van der Waals surface area contributed by atoms with Gasteiger partial charge in [-0.25, -0.2) is 4.98 Å². The van der Waals surface area contributed by atoms with E-state index in [-0.39, 0.29) is 11.6 Å². The summed E-state index contributed by atoms with van der Waals surface area (Å²) in [5.41, 5.74) is 3.12. The zero-order chi connectivity index (χ0) is 20.4. The third kappa shape index (κ3) is 3.86. The molecule has 3 aromatic rings. The number of ether oxygens (including phenoxy) is 2. The number of rotatable bonds is 6. The molecule has 0 bridgehead atoms. The summed E-state index contributed by atoms with van der Waals surface area (Å²) in [7, 11) is 3.29. The molecule has 1 heterocycles. The zero-order valence-electron chi connectivity index (χ0n) is 17.1. The fourth-order valence-corrected chi connectivity index (χ4v) is 5.16. The minimum atomic E-state index is 0.0778. The number of nitrogens with zero attached hydrogens (tertiary/aromatic N) is 2. The SMILES string of the molecule is COc1cc(C)c(CSc2nc3ccccc3c(=O)n2C2CCCC2)cc1OC. The lowest BCUT2D eigenvalue weighted by atomic mass is 10.1. The van der Waals surface area contributed by atoms with Gasteiger partial charge in [-0.1, -0.05) is 36.7 Å². The van der Waals surface area contributed by atoms with Crippen molar-refractivity contribution in [2.24, 2.45) is 0 Å².